The molecule has 0 saturated heterocycles. The fourth-order valence-corrected chi connectivity index (χ4v) is 3.93. The monoisotopic (exact) mass is 489 g/mol. The number of carbonyl (C=O) groups excluding carboxylic acids is 1. The predicted molar refractivity (Wildman–Crippen MR) is 122 cm³/mol. The van der Waals surface area contributed by atoms with E-state index in [1.54, 1.807) is 18.2 Å². The molecule has 0 atom stereocenters. The van der Waals surface area contributed by atoms with Crippen LogP contribution >= 0.6 is 0 Å². The lowest BCUT2D eigenvalue weighted by Crippen LogP contribution is -2.30. The number of benzene rings is 2. The van der Waals surface area contributed by atoms with Gasteiger partial charge in [0.2, 0.25) is 21.8 Å². The van der Waals surface area contributed by atoms with Gasteiger partial charge < -0.3 is 19.5 Å². The average Bonchev–Trinajstić information content (AvgIpc) is 2.83. The third-order valence-corrected chi connectivity index (χ3v) is 6.07. The van der Waals surface area contributed by atoms with Crippen LogP contribution in [0.4, 0.5) is 4.39 Å². The van der Waals surface area contributed by atoms with Gasteiger partial charge in [0, 0.05) is 43.9 Å². The number of nitrogens with one attached hydrogen (secondary N) is 2. The lowest BCUT2D eigenvalue weighted by molar-refractivity contribution is -0.121. The first-order valence-corrected chi connectivity index (χ1v) is 11.7. The molecule has 3 rings (SSSR count). The van der Waals surface area contributed by atoms with Gasteiger partial charge in [-0.3, -0.25) is 4.79 Å². The first-order chi connectivity index (χ1) is 16.3. The highest BCUT2D eigenvalue weighted by atomic mass is 32.2. The molecule has 0 fully saturated rings. The van der Waals surface area contributed by atoms with Crippen LogP contribution in [0.15, 0.2) is 65.7 Å². The quantitative estimate of drug-likeness (QED) is 0.425. The van der Waals surface area contributed by atoms with E-state index >= 15 is 0 Å². The lowest BCUT2D eigenvalue weighted by atomic mass is 10.2. The molecule has 1 aromatic heterocycles. The Morgan fingerprint density at radius 1 is 1.03 bits per heavy atom. The largest absolute Gasteiger partial charge is 0.493 e. The minimum absolute atomic E-state index is 0.00261. The SMILES string of the molecule is COc1ccc(S(=O)(=O)NCCC(=O)NCc2ccc(Oc3cccc(F)c3)nc2)cc1OC. The molecule has 0 unspecified atom stereocenters. The van der Waals surface area contributed by atoms with Crippen LogP contribution in [-0.4, -0.2) is 40.1 Å². The van der Waals surface area contributed by atoms with Gasteiger partial charge in [-0.05, 0) is 29.8 Å². The van der Waals surface area contributed by atoms with Crippen molar-refractivity contribution >= 4 is 15.9 Å². The number of rotatable bonds is 11. The number of nitrogens with zero attached hydrogens (tertiary/aromatic N) is 1. The van der Waals surface area contributed by atoms with Crippen molar-refractivity contribution in [3.05, 3.63) is 72.2 Å². The molecular formula is C23H24FN3O6S. The molecule has 0 aliphatic carbocycles. The van der Waals surface area contributed by atoms with Crippen molar-refractivity contribution < 1.29 is 31.8 Å². The van der Waals surface area contributed by atoms with Crippen molar-refractivity contribution in [1.82, 2.24) is 15.0 Å². The van der Waals surface area contributed by atoms with Crippen LogP contribution in [0.25, 0.3) is 0 Å². The molecule has 1 heterocycles. The predicted octanol–water partition coefficient (Wildman–Crippen LogP) is 3.02. The molecule has 34 heavy (non-hydrogen) atoms. The maximum Gasteiger partial charge on any atom is 0.240 e. The number of pyridine rings is 1. The molecule has 0 bridgehead atoms. The van der Waals surface area contributed by atoms with E-state index in [1.165, 1.54) is 56.8 Å². The second kappa shape index (κ2) is 11.4. The summed E-state index contributed by atoms with van der Waals surface area (Å²) in [5.41, 5.74) is 0.714. The highest BCUT2D eigenvalue weighted by Gasteiger charge is 2.17. The van der Waals surface area contributed by atoms with Gasteiger partial charge in [0.1, 0.15) is 11.6 Å². The number of sulfonamides is 1. The first-order valence-electron chi connectivity index (χ1n) is 10.2. The molecule has 0 aliphatic heterocycles. The summed E-state index contributed by atoms with van der Waals surface area (Å²) in [6.07, 6.45) is 1.47. The fraction of sp³-hybridized carbons (Fsp3) is 0.217. The smallest absolute Gasteiger partial charge is 0.240 e. The Kier molecular flexibility index (Phi) is 8.39. The summed E-state index contributed by atoms with van der Waals surface area (Å²) in [7, 11) is -0.965. The number of amides is 1. The molecular weight excluding hydrogens is 465 g/mol. The molecule has 0 spiro atoms. The lowest BCUT2D eigenvalue weighted by Gasteiger charge is -2.11. The van der Waals surface area contributed by atoms with Crippen LogP contribution in [0.5, 0.6) is 23.1 Å². The summed E-state index contributed by atoms with van der Waals surface area (Å²) in [6.45, 7) is 0.121. The van der Waals surface area contributed by atoms with Crippen LogP contribution in [0, 0.1) is 5.82 Å². The van der Waals surface area contributed by atoms with Gasteiger partial charge in [0.25, 0.3) is 0 Å². The minimum Gasteiger partial charge on any atom is -0.493 e. The number of ether oxygens (including phenoxy) is 3. The molecule has 0 aliphatic rings. The zero-order chi connectivity index (χ0) is 24.6. The molecule has 9 nitrogen and oxygen atoms in total. The van der Waals surface area contributed by atoms with Crippen LogP contribution in [0.1, 0.15) is 12.0 Å². The van der Waals surface area contributed by atoms with Crippen molar-refractivity contribution in [1.29, 1.82) is 0 Å². The number of aromatic nitrogens is 1. The number of carbonyl (C=O) groups is 1. The molecule has 0 saturated carbocycles. The van der Waals surface area contributed by atoms with Gasteiger partial charge in [-0.15, -0.1) is 0 Å². The van der Waals surface area contributed by atoms with E-state index < -0.39 is 15.8 Å². The number of hydrogen-bond donors (Lipinski definition) is 2. The van der Waals surface area contributed by atoms with E-state index in [9.17, 15) is 17.6 Å². The number of methoxy groups -OCH3 is 2. The van der Waals surface area contributed by atoms with Crippen molar-refractivity contribution in [3.8, 4) is 23.1 Å². The van der Waals surface area contributed by atoms with Gasteiger partial charge in [0.05, 0.1) is 19.1 Å². The van der Waals surface area contributed by atoms with Crippen LogP contribution in [0.3, 0.4) is 0 Å². The molecule has 0 radical (unpaired) electrons. The summed E-state index contributed by atoms with van der Waals surface area (Å²) in [4.78, 5) is 16.2. The zero-order valence-corrected chi connectivity index (χ0v) is 19.4. The van der Waals surface area contributed by atoms with Gasteiger partial charge in [-0.25, -0.2) is 22.5 Å². The van der Waals surface area contributed by atoms with Crippen LogP contribution in [0.2, 0.25) is 0 Å². The maximum atomic E-state index is 13.2. The molecule has 180 valence electrons. The highest BCUT2D eigenvalue weighted by molar-refractivity contribution is 7.89. The van der Waals surface area contributed by atoms with E-state index in [1.807, 2.05) is 0 Å². The normalized spacial score (nSPS) is 11.0. The van der Waals surface area contributed by atoms with Crippen molar-refractivity contribution in [2.75, 3.05) is 20.8 Å². The van der Waals surface area contributed by atoms with E-state index in [4.69, 9.17) is 14.2 Å². The van der Waals surface area contributed by atoms with E-state index in [2.05, 4.69) is 15.0 Å². The van der Waals surface area contributed by atoms with E-state index in [0.29, 0.717) is 17.1 Å². The topological polar surface area (TPSA) is 116 Å². The van der Waals surface area contributed by atoms with E-state index in [-0.39, 0.29) is 41.9 Å². The van der Waals surface area contributed by atoms with Gasteiger partial charge in [-0.2, -0.15) is 0 Å². The number of hydrogen-bond acceptors (Lipinski definition) is 7. The molecule has 3 aromatic rings. The van der Waals surface area contributed by atoms with E-state index in [0.717, 1.165) is 0 Å². The number of halogens is 1. The Balaban J connectivity index is 1.45. The summed E-state index contributed by atoms with van der Waals surface area (Å²) in [5.74, 6) is 0.542. The second-order valence-corrected chi connectivity index (χ2v) is 8.77. The summed E-state index contributed by atoms with van der Waals surface area (Å²) >= 11 is 0. The Bertz CT molecular complexity index is 1240. The van der Waals surface area contributed by atoms with Crippen LogP contribution in [-0.2, 0) is 21.4 Å². The third kappa shape index (κ3) is 6.90. The fourth-order valence-electron chi connectivity index (χ4n) is 2.88. The molecule has 1 amide bonds. The Morgan fingerprint density at radius 3 is 2.50 bits per heavy atom. The van der Waals surface area contributed by atoms with Crippen molar-refractivity contribution in [2.45, 2.75) is 17.9 Å². The minimum atomic E-state index is -3.83. The first kappa shape index (κ1) is 24.9. The van der Waals surface area contributed by atoms with Crippen molar-refractivity contribution in [3.63, 3.8) is 0 Å². The highest BCUT2D eigenvalue weighted by Crippen LogP contribution is 2.29. The summed E-state index contributed by atoms with van der Waals surface area (Å²) in [5, 5.41) is 2.69. The van der Waals surface area contributed by atoms with Gasteiger partial charge >= 0.3 is 0 Å². The molecule has 2 aromatic carbocycles. The maximum absolute atomic E-state index is 13.2. The standard InChI is InChI=1S/C23H24FN3O6S/c1-31-20-8-7-19(13-21(20)32-2)34(29,30)27-11-10-22(28)25-14-16-6-9-23(26-15-16)33-18-5-3-4-17(24)12-18/h3-9,12-13,15,27H,10-11,14H2,1-2H3,(H,25,28). The third-order valence-electron chi connectivity index (χ3n) is 4.62. The summed E-state index contributed by atoms with van der Waals surface area (Å²) in [6, 6.07) is 13.2. The zero-order valence-electron chi connectivity index (χ0n) is 18.6. The van der Waals surface area contributed by atoms with Gasteiger partial charge in [-0.1, -0.05) is 12.1 Å². The summed E-state index contributed by atoms with van der Waals surface area (Å²) < 4.78 is 56.2. The average molecular weight is 490 g/mol. The van der Waals surface area contributed by atoms with Crippen molar-refractivity contribution in [2.24, 2.45) is 0 Å². The Labute approximate surface area is 196 Å². The second-order valence-electron chi connectivity index (χ2n) is 7.01. The van der Waals surface area contributed by atoms with Crippen LogP contribution < -0.4 is 24.2 Å². The Morgan fingerprint density at radius 2 is 1.82 bits per heavy atom. The molecule has 2 N–H and O–H groups in total. The molecule has 11 heteroatoms. The van der Waals surface area contributed by atoms with Gasteiger partial charge in [0.15, 0.2) is 11.5 Å². The Hall–Kier alpha value is -3.70.